The van der Waals surface area contributed by atoms with Crippen molar-refractivity contribution in [3.8, 4) is 0 Å². The lowest BCUT2D eigenvalue weighted by Crippen LogP contribution is -2.39. The maximum absolute atomic E-state index is 11.9. The number of carbonyl (C=O) groups excluding carboxylic acids is 1. The van der Waals surface area contributed by atoms with Gasteiger partial charge in [-0.1, -0.05) is 0 Å². The van der Waals surface area contributed by atoms with Crippen LogP contribution in [0.3, 0.4) is 0 Å². The van der Waals surface area contributed by atoms with Crippen LogP contribution in [0.2, 0.25) is 0 Å². The van der Waals surface area contributed by atoms with Crippen molar-refractivity contribution < 1.29 is 14.3 Å². The first kappa shape index (κ1) is 17.2. The molecule has 4 rings (SSSR count). The third kappa shape index (κ3) is 3.52. The topological polar surface area (TPSA) is 72.2 Å². The van der Waals surface area contributed by atoms with E-state index in [4.69, 9.17) is 19.6 Å². The molecule has 1 amide bonds. The van der Waals surface area contributed by atoms with Crippen LogP contribution in [0.15, 0.2) is 18.3 Å². The fourth-order valence-corrected chi connectivity index (χ4v) is 3.67. The summed E-state index contributed by atoms with van der Waals surface area (Å²) in [4.78, 5) is 20.8. The number of likely N-dealkylation sites (tertiary alicyclic amines) is 1. The average Bonchev–Trinajstić information content (AvgIpc) is 3.12. The van der Waals surface area contributed by atoms with Gasteiger partial charge in [-0.25, -0.2) is 9.50 Å². The predicted molar refractivity (Wildman–Crippen MR) is 96.5 cm³/mol. The molecule has 0 unspecified atom stereocenters. The molecular formula is C18H25N5O3. The van der Waals surface area contributed by atoms with E-state index in [0.717, 1.165) is 69.4 Å². The summed E-state index contributed by atoms with van der Waals surface area (Å²) in [7, 11) is 1.55. The van der Waals surface area contributed by atoms with Crippen molar-refractivity contribution in [3.63, 3.8) is 0 Å². The Kier molecular flexibility index (Phi) is 5.03. The zero-order valence-electron chi connectivity index (χ0n) is 15.1. The second-order valence-electron chi connectivity index (χ2n) is 6.85. The molecule has 0 atom stereocenters. The highest BCUT2D eigenvalue weighted by atomic mass is 16.5. The summed E-state index contributed by atoms with van der Waals surface area (Å²) in [5, 5.41) is 4.72. The van der Waals surface area contributed by atoms with Crippen molar-refractivity contribution in [3.05, 3.63) is 24.2 Å². The van der Waals surface area contributed by atoms with Crippen molar-refractivity contribution in [1.82, 2.24) is 19.5 Å². The molecule has 2 aromatic heterocycles. The molecule has 0 bridgehead atoms. The Bertz CT molecular complexity index is 763. The van der Waals surface area contributed by atoms with Gasteiger partial charge in [0.15, 0.2) is 11.5 Å². The number of piperidine rings is 1. The molecular weight excluding hydrogens is 334 g/mol. The van der Waals surface area contributed by atoms with Gasteiger partial charge < -0.3 is 19.3 Å². The molecule has 0 radical (unpaired) electrons. The molecule has 0 aromatic carbocycles. The van der Waals surface area contributed by atoms with Crippen molar-refractivity contribution in [2.24, 2.45) is 0 Å². The SMILES string of the molecule is COCC(=O)N1CCC(c2nc3ccc(N4CCOCC4)cn3n2)CC1. The van der Waals surface area contributed by atoms with E-state index < -0.39 is 0 Å². The van der Waals surface area contributed by atoms with E-state index in [1.165, 1.54) is 0 Å². The van der Waals surface area contributed by atoms with Crippen LogP contribution in [0.5, 0.6) is 0 Å². The molecule has 8 heteroatoms. The molecule has 2 aliphatic rings. The van der Waals surface area contributed by atoms with Gasteiger partial charge >= 0.3 is 0 Å². The molecule has 2 aromatic rings. The lowest BCUT2D eigenvalue weighted by atomic mass is 9.96. The lowest BCUT2D eigenvalue weighted by molar-refractivity contribution is -0.136. The lowest BCUT2D eigenvalue weighted by Gasteiger charge is -2.30. The van der Waals surface area contributed by atoms with Gasteiger partial charge in [-0.3, -0.25) is 4.79 Å². The van der Waals surface area contributed by atoms with Crippen LogP contribution in [-0.4, -0.2) is 78.5 Å². The molecule has 0 saturated carbocycles. The monoisotopic (exact) mass is 359 g/mol. The van der Waals surface area contributed by atoms with Gasteiger partial charge in [-0.05, 0) is 25.0 Å². The van der Waals surface area contributed by atoms with Gasteiger partial charge in [0, 0.05) is 39.2 Å². The van der Waals surface area contributed by atoms with E-state index in [2.05, 4.69) is 11.0 Å². The largest absolute Gasteiger partial charge is 0.378 e. The summed E-state index contributed by atoms with van der Waals surface area (Å²) in [5.41, 5.74) is 2.02. The number of amides is 1. The van der Waals surface area contributed by atoms with Crippen LogP contribution >= 0.6 is 0 Å². The Balaban J connectivity index is 1.45. The van der Waals surface area contributed by atoms with Crippen LogP contribution in [0.1, 0.15) is 24.6 Å². The smallest absolute Gasteiger partial charge is 0.248 e. The van der Waals surface area contributed by atoms with Crippen molar-refractivity contribution in [2.45, 2.75) is 18.8 Å². The number of hydrogen-bond donors (Lipinski definition) is 0. The molecule has 26 heavy (non-hydrogen) atoms. The minimum atomic E-state index is 0.0593. The molecule has 0 N–H and O–H groups in total. The van der Waals surface area contributed by atoms with Crippen molar-refractivity contribution in [1.29, 1.82) is 0 Å². The number of aromatic nitrogens is 3. The highest BCUT2D eigenvalue weighted by Crippen LogP contribution is 2.27. The Morgan fingerprint density at radius 2 is 2.00 bits per heavy atom. The summed E-state index contributed by atoms with van der Waals surface area (Å²) in [5.74, 6) is 1.24. The minimum Gasteiger partial charge on any atom is -0.378 e. The minimum absolute atomic E-state index is 0.0593. The van der Waals surface area contributed by atoms with Gasteiger partial charge in [0.05, 0.1) is 25.1 Å². The number of morpholine rings is 1. The Hall–Kier alpha value is -2.19. The first-order chi connectivity index (χ1) is 12.7. The van der Waals surface area contributed by atoms with Crippen LogP contribution in [0.4, 0.5) is 5.69 Å². The summed E-state index contributed by atoms with van der Waals surface area (Å²) < 4.78 is 12.2. The van der Waals surface area contributed by atoms with E-state index in [1.807, 2.05) is 21.7 Å². The Morgan fingerprint density at radius 3 is 2.73 bits per heavy atom. The summed E-state index contributed by atoms with van der Waals surface area (Å²) in [6.45, 7) is 4.97. The maximum atomic E-state index is 11.9. The van der Waals surface area contributed by atoms with Gasteiger partial charge in [-0.2, -0.15) is 5.10 Å². The summed E-state index contributed by atoms with van der Waals surface area (Å²) >= 11 is 0. The van der Waals surface area contributed by atoms with Gasteiger partial charge in [-0.15, -0.1) is 0 Å². The highest BCUT2D eigenvalue weighted by Gasteiger charge is 2.26. The molecule has 4 heterocycles. The molecule has 140 valence electrons. The predicted octanol–water partition coefficient (Wildman–Crippen LogP) is 0.918. The van der Waals surface area contributed by atoms with Crippen LogP contribution in [0.25, 0.3) is 5.65 Å². The Morgan fingerprint density at radius 1 is 1.23 bits per heavy atom. The number of methoxy groups -OCH3 is 1. The van der Waals surface area contributed by atoms with Gasteiger partial charge in [0.2, 0.25) is 5.91 Å². The first-order valence-electron chi connectivity index (χ1n) is 9.20. The number of pyridine rings is 1. The normalized spacial score (nSPS) is 19.3. The standard InChI is InChI=1S/C18H25N5O3/c1-25-13-17(24)22-6-4-14(5-7-22)18-19-16-3-2-15(12-23(16)20-18)21-8-10-26-11-9-21/h2-3,12,14H,4-11,13H2,1H3. The highest BCUT2D eigenvalue weighted by molar-refractivity contribution is 5.77. The number of rotatable bonds is 4. The summed E-state index contributed by atoms with van der Waals surface area (Å²) in [6, 6.07) is 4.13. The second kappa shape index (κ2) is 7.59. The number of anilines is 1. The quantitative estimate of drug-likeness (QED) is 0.808. The number of fused-ring (bicyclic) bond motifs is 1. The Labute approximate surface area is 152 Å². The number of nitrogens with zero attached hydrogens (tertiary/aromatic N) is 5. The number of carbonyl (C=O) groups is 1. The number of ether oxygens (including phenoxy) is 2. The zero-order valence-corrected chi connectivity index (χ0v) is 15.1. The van der Waals surface area contributed by atoms with E-state index in [-0.39, 0.29) is 12.5 Å². The third-order valence-corrected chi connectivity index (χ3v) is 5.19. The zero-order chi connectivity index (χ0) is 17.9. The van der Waals surface area contributed by atoms with Gasteiger partial charge in [0.25, 0.3) is 0 Å². The van der Waals surface area contributed by atoms with E-state index in [9.17, 15) is 4.79 Å². The average molecular weight is 359 g/mol. The summed E-state index contributed by atoms with van der Waals surface area (Å²) in [6.07, 6.45) is 3.83. The molecule has 8 nitrogen and oxygen atoms in total. The molecule has 0 spiro atoms. The van der Waals surface area contributed by atoms with Crippen LogP contribution < -0.4 is 4.90 Å². The second-order valence-corrected chi connectivity index (χ2v) is 6.85. The first-order valence-corrected chi connectivity index (χ1v) is 9.20. The fourth-order valence-electron chi connectivity index (χ4n) is 3.67. The molecule has 0 aliphatic carbocycles. The maximum Gasteiger partial charge on any atom is 0.248 e. The van der Waals surface area contributed by atoms with Crippen LogP contribution in [-0.2, 0) is 14.3 Å². The van der Waals surface area contributed by atoms with E-state index in [0.29, 0.717) is 5.92 Å². The van der Waals surface area contributed by atoms with E-state index >= 15 is 0 Å². The number of hydrogen-bond acceptors (Lipinski definition) is 6. The van der Waals surface area contributed by atoms with Crippen molar-refractivity contribution >= 4 is 17.2 Å². The fraction of sp³-hybridized carbons (Fsp3) is 0.611. The van der Waals surface area contributed by atoms with Crippen LogP contribution in [0, 0.1) is 0 Å². The molecule has 2 saturated heterocycles. The third-order valence-electron chi connectivity index (χ3n) is 5.19. The molecule has 2 aliphatic heterocycles. The van der Waals surface area contributed by atoms with Crippen molar-refractivity contribution in [2.75, 3.05) is 58.0 Å². The van der Waals surface area contributed by atoms with E-state index in [1.54, 1.807) is 7.11 Å². The molecule has 2 fully saturated rings. The van der Waals surface area contributed by atoms with Gasteiger partial charge in [0.1, 0.15) is 6.61 Å².